The molecule has 2 amide bonds. The molecule has 2 aromatic heterocycles. The molecule has 0 saturated carbocycles. The Morgan fingerprint density at radius 3 is 3.20 bits per heavy atom. The second kappa shape index (κ2) is 4.09. The first-order valence-corrected chi connectivity index (χ1v) is 4.93. The normalized spacial score (nSPS) is 10.1. The maximum atomic E-state index is 10.7. The number of hydrogen-bond acceptors (Lipinski definition) is 5. The number of carbonyl (C=O) groups excluding carboxylic acids is 1. The number of nitrogens with two attached hydrogens (primary N) is 1. The number of nitrogens with zero attached hydrogens (tertiary/aromatic N) is 2. The van der Waals surface area contributed by atoms with E-state index in [1.165, 1.54) is 0 Å². The zero-order chi connectivity index (χ0) is 10.7. The fourth-order valence-electron chi connectivity index (χ4n) is 1.11. The fraction of sp³-hybridized carbons (Fsp3) is 0.125. The lowest BCUT2D eigenvalue weighted by atomic mass is 10.2. The van der Waals surface area contributed by atoms with Crippen LogP contribution in [0.4, 0.5) is 9.80 Å². The summed E-state index contributed by atoms with van der Waals surface area (Å²) in [6, 6.07) is 2.99. The molecule has 0 saturated heterocycles. The summed E-state index contributed by atoms with van der Waals surface area (Å²) in [6.07, 6.45) is 2.06. The van der Waals surface area contributed by atoms with Crippen molar-refractivity contribution in [1.29, 1.82) is 0 Å². The molecule has 6 nitrogen and oxygen atoms in total. The number of anilines is 1. The number of hydrogen-bond donors (Lipinski definition) is 2. The molecule has 2 heterocycles. The number of urea groups is 1. The molecule has 0 aliphatic rings. The quantitative estimate of drug-likeness (QED) is 0.819. The van der Waals surface area contributed by atoms with Crippen molar-refractivity contribution in [1.82, 2.24) is 9.59 Å². The number of furan rings is 1. The first-order valence-electron chi connectivity index (χ1n) is 4.16. The third-order valence-electron chi connectivity index (χ3n) is 1.71. The van der Waals surface area contributed by atoms with Gasteiger partial charge in [-0.1, -0.05) is 4.49 Å². The van der Waals surface area contributed by atoms with Gasteiger partial charge in [0.25, 0.3) is 0 Å². The van der Waals surface area contributed by atoms with Crippen molar-refractivity contribution in [3.05, 3.63) is 29.9 Å². The molecular weight excluding hydrogens is 216 g/mol. The predicted octanol–water partition coefficient (Wildman–Crippen LogP) is 1.21. The molecule has 2 rings (SSSR count). The van der Waals surface area contributed by atoms with Crippen LogP contribution in [0.5, 0.6) is 0 Å². The lowest BCUT2D eigenvalue weighted by Gasteiger charge is -1.98. The number of amides is 2. The summed E-state index contributed by atoms with van der Waals surface area (Å²) >= 11 is 1.09. The van der Waals surface area contributed by atoms with Gasteiger partial charge in [-0.05, 0) is 12.1 Å². The van der Waals surface area contributed by atoms with E-state index < -0.39 is 6.03 Å². The minimum atomic E-state index is -0.623. The van der Waals surface area contributed by atoms with Crippen molar-refractivity contribution in [2.45, 2.75) is 6.42 Å². The van der Waals surface area contributed by atoms with Crippen LogP contribution < -0.4 is 11.1 Å². The molecule has 0 spiro atoms. The largest absolute Gasteiger partial charge is 0.469 e. The van der Waals surface area contributed by atoms with Crippen LogP contribution in [0.3, 0.4) is 0 Å². The molecule has 0 atom stereocenters. The highest BCUT2D eigenvalue weighted by Gasteiger charge is 2.11. The third-order valence-corrected chi connectivity index (χ3v) is 2.40. The Balaban J connectivity index is 2.14. The van der Waals surface area contributed by atoms with E-state index in [1.807, 2.05) is 6.07 Å². The Kier molecular flexibility index (Phi) is 2.64. The summed E-state index contributed by atoms with van der Waals surface area (Å²) in [7, 11) is 0. The summed E-state index contributed by atoms with van der Waals surface area (Å²) < 4.78 is 8.90. The van der Waals surface area contributed by atoms with Gasteiger partial charge in [-0.2, -0.15) is 0 Å². The fourth-order valence-corrected chi connectivity index (χ4v) is 1.69. The zero-order valence-corrected chi connectivity index (χ0v) is 8.45. The van der Waals surface area contributed by atoms with Crippen LogP contribution in [-0.2, 0) is 6.42 Å². The van der Waals surface area contributed by atoms with Gasteiger partial charge < -0.3 is 10.2 Å². The molecule has 0 unspecified atom stereocenters. The van der Waals surface area contributed by atoms with Crippen LogP contribution >= 0.6 is 11.5 Å². The SMILES string of the molecule is NC(=O)Nc1snnc1Cc1ccco1. The standard InChI is InChI=1S/C8H8N4O2S/c9-8(13)10-7-6(11-12-15-7)4-5-2-1-3-14-5/h1-3H,4H2,(H3,9,10,13). The Morgan fingerprint density at radius 2 is 2.53 bits per heavy atom. The Hall–Kier alpha value is -1.89. The van der Waals surface area contributed by atoms with Gasteiger partial charge in [0.2, 0.25) is 0 Å². The lowest BCUT2D eigenvalue weighted by molar-refractivity contribution is 0.259. The number of primary amides is 1. The van der Waals surface area contributed by atoms with Crippen LogP contribution in [-0.4, -0.2) is 15.6 Å². The number of carbonyl (C=O) groups is 1. The van der Waals surface area contributed by atoms with Crippen molar-refractivity contribution in [3.8, 4) is 0 Å². The van der Waals surface area contributed by atoms with Crippen LogP contribution in [0, 0.1) is 0 Å². The van der Waals surface area contributed by atoms with Gasteiger partial charge in [0, 0.05) is 11.5 Å². The van der Waals surface area contributed by atoms with Crippen molar-refractivity contribution in [2.75, 3.05) is 5.32 Å². The number of rotatable bonds is 3. The molecule has 0 bridgehead atoms. The molecule has 0 aliphatic heterocycles. The van der Waals surface area contributed by atoms with E-state index in [2.05, 4.69) is 14.9 Å². The van der Waals surface area contributed by atoms with Crippen molar-refractivity contribution in [2.24, 2.45) is 5.73 Å². The van der Waals surface area contributed by atoms with Crippen molar-refractivity contribution >= 4 is 22.6 Å². The first-order chi connectivity index (χ1) is 7.25. The van der Waals surface area contributed by atoms with Crippen LogP contribution in [0.15, 0.2) is 22.8 Å². The number of aromatic nitrogens is 2. The first kappa shape index (κ1) is 9.66. The Morgan fingerprint density at radius 1 is 1.67 bits per heavy atom. The van der Waals surface area contributed by atoms with E-state index in [0.29, 0.717) is 17.1 Å². The average molecular weight is 224 g/mol. The second-order valence-corrected chi connectivity index (χ2v) is 3.55. The zero-order valence-electron chi connectivity index (χ0n) is 7.64. The average Bonchev–Trinajstić information content (AvgIpc) is 2.78. The highest BCUT2D eigenvalue weighted by atomic mass is 32.1. The minimum Gasteiger partial charge on any atom is -0.469 e. The molecule has 3 N–H and O–H groups in total. The predicted molar refractivity (Wildman–Crippen MR) is 54.6 cm³/mol. The van der Waals surface area contributed by atoms with Crippen LogP contribution in [0.25, 0.3) is 0 Å². The molecule has 7 heteroatoms. The molecule has 15 heavy (non-hydrogen) atoms. The van der Waals surface area contributed by atoms with Gasteiger partial charge in [-0.3, -0.25) is 5.32 Å². The molecule has 0 aliphatic carbocycles. The van der Waals surface area contributed by atoms with E-state index >= 15 is 0 Å². The molecule has 78 valence electrons. The van der Waals surface area contributed by atoms with Crippen molar-refractivity contribution < 1.29 is 9.21 Å². The molecule has 0 aromatic carbocycles. The topological polar surface area (TPSA) is 94.0 Å². The van der Waals surface area contributed by atoms with Gasteiger partial charge in [0.1, 0.15) is 16.5 Å². The maximum Gasteiger partial charge on any atom is 0.317 e. The highest BCUT2D eigenvalue weighted by molar-refractivity contribution is 7.10. The van der Waals surface area contributed by atoms with E-state index in [9.17, 15) is 4.79 Å². The maximum absolute atomic E-state index is 10.7. The summed E-state index contributed by atoms with van der Waals surface area (Å²) in [5.41, 5.74) is 5.65. The van der Waals surface area contributed by atoms with Crippen LogP contribution in [0.1, 0.15) is 11.5 Å². The Bertz CT molecular complexity index is 451. The second-order valence-electron chi connectivity index (χ2n) is 2.79. The van der Waals surface area contributed by atoms with Gasteiger partial charge in [-0.15, -0.1) is 5.10 Å². The van der Waals surface area contributed by atoms with Gasteiger partial charge >= 0.3 is 6.03 Å². The van der Waals surface area contributed by atoms with E-state index in [1.54, 1.807) is 12.3 Å². The van der Waals surface area contributed by atoms with Gasteiger partial charge in [0.05, 0.1) is 12.7 Å². The molecule has 2 aromatic rings. The molecule has 0 radical (unpaired) electrons. The highest BCUT2D eigenvalue weighted by Crippen LogP contribution is 2.20. The smallest absolute Gasteiger partial charge is 0.317 e. The molecular formula is C8H8N4O2S. The van der Waals surface area contributed by atoms with E-state index in [4.69, 9.17) is 10.2 Å². The summed E-state index contributed by atoms with van der Waals surface area (Å²) in [5.74, 6) is 0.759. The monoisotopic (exact) mass is 224 g/mol. The van der Waals surface area contributed by atoms with Crippen LogP contribution in [0.2, 0.25) is 0 Å². The Labute approximate surface area is 89.3 Å². The summed E-state index contributed by atoms with van der Waals surface area (Å²) in [6.45, 7) is 0. The summed E-state index contributed by atoms with van der Waals surface area (Å²) in [4.78, 5) is 10.7. The van der Waals surface area contributed by atoms with E-state index in [-0.39, 0.29) is 0 Å². The van der Waals surface area contributed by atoms with Gasteiger partial charge in [0.15, 0.2) is 0 Å². The minimum absolute atomic E-state index is 0.485. The molecule has 0 fully saturated rings. The van der Waals surface area contributed by atoms with Gasteiger partial charge in [-0.25, -0.2) is 4.79 Å². The lowest BCUT2D eigenvalue weighted by Crippen LogP contribution is -2.19. The number of nitrogens with one attached hydrogen (secondary N) is 1. The van der Waals surface area contributed by atoms with E-state index in [0.717, 1.165) is 17.3 Å². The van der Waals surface area contributed by atoms with Crippen molar-refractivity contribution in [3.63, 3.8) is 0 Å². The summed E-state index contributed by atoms with van der Waals surface area (Å²) in [5, 5.41) is 6.89. The third kappa shape index (κ3) is 2.32.